The number of benzene rings is 2. The number of aromatic nitrogens is 1. The number of ether oxygens (including phenoxy) is 2. The average Bonchev–Trinajstić information content (AvgIpc) is 3.16. The van der Waals surface area contributed by atoms with Gasteiger partial charge in [-0.05, 0) is 51.5 Å². The lowest BCUT2D eigenvalue weighted by atomic mass is 9.88. The maximum Gasteiger partial charge on any atom is 0.165 e. The van der Waals surface area contributed by atoms with Crippen molar-refractivity contribution in [3.05, 3.63) is 76.7 Å². The third-order valence-corrected chi connectivity index (χ3v) is 6.42. The molecule has 8 heteroatoms. The third kappa shape index (κ3) is 5.26. The molecular weight excluding hydrogens is 463 g/mol. The minimum Gasteiger partial charge on any atom is -0.489 e. The van der Waals surface area contributed by atoms with Crippen molar-refractivity contribution in [1.29, 1.82) is 0 Å². The molecule has 1 aromatic heterocycles. The zero-order chi connectivity index (χ0) is 26.1. The molecule has 0 radical (unpaired) electrons. The van der Waals surface area contributed by atoms with Crippen molar-refractivity contribution in [2.45, 2.75) is 44.8 Å². The van der Waals surface area contributed by atoms with Gasteiger partial charge in [-0.3, -0.25) is 4.79 Å². The molecule has 4 N–H and O–H groups in total. The maximum atomic E-state index is 14.3. The van der Waals surface area contributed by atoms with Crippen molar-refractivity contribution in [3.63, 3.8) is 0 Å². The molecule has 0 amide bonds. The van der Waals surface area contributed by atoms with Gasteiger partial charge in [0.05, 0.1) is 17.8 Å². The van der Waals surface area contributed by atoms with Crippen LogP contribution in [0.25, 0.3) is 11.3 Å². The fourth-order valence-electron chi connectivity index (χ4n) is 4.16. The Labute approximate surface area is 209 Å². The van der Waals surface area contributed by atoms with E-state index in [9.17, 15) is 14.3 Å². The Hall–Kier alpha value is -3.33. The number of aryl methyl sites for hydroxylation is 1. The number of nitrogens with zero attached hydrogens (tertiary/aromatic N) is 1. The van der Waals surface area contributed by atoms with E-state index in [-0.39, 0.29) is 49.8 Å². The van der Waals surface area contributed by atoms with Crippen LogP contribution in [0, 0.1) is 12.7 Å². The van der Waals surface area contributed by atoms with E-state index >= 15 is 0 Å². The number of aliphatic hydroxyl groups excluding tert-OH is 1. The maximum absolute atomic E-state index is 14.3. The van der Waals surface area contributed by atoms with Crippen molar-refractivity contribution in [3.8, 4) is 22.8 Å². The van der Waals surface area contributed by atoms with Crippen molar-refractivity contribution in [1.82, 2.24) is 4.98 Å². The van der Waals surface area contributed by atoms with Gasteiger partial charge in [-0.25, -0.2) is 9.37 Å². The van der Waals surface area contributed by atoms with Crippen LogP contribution in [0.2, 0.25) is 0 Å². The molecular formula is C28H31FN2O5. The highest BCUT2D eigenvalue weighted by atomic mass is 19.1. The monoisotopic (exact) mass is 494 g/mol. The molecule has 1 aliphatic heterocycles. The average molecular weight is 495 g/mol. The van der Waals surface area contributed by atoms with E-state index in [0.717, 1.165) is 22.8 Å². The van der Waals surface area contributed by atoms with Crippen molar-refractivity contribution in [2.24, 2.45) is 5.73 Å². The first kappa shape index (κ1) is 25.8. The Morgan fingerprint density at radius 2 is 1.97 bits per heavy atom. The Balaban J connectivity index is 1.59. The van der Waals surface area contributed by atoms with Crippen LogP contribution in [-0.2, 0) is 11.1 Å². The summed E-state index contributed by atoms with van der Waals surface area (Å²) in [4.78, 5) is 17.5. The van der Waals surface area contributed by atoms with Gasteiger partial charge in [0.25, 0.3) is 0 Å². The molecule has 2 heterocycles. The van der Waals surface area contributed by atoms with Gasteiger partial charge < -0.3 is 25.4 Å². The largest absolute Gasteiger partial charge is 0.489 e. The summed E-state index contributed by atoms with van der Waals surface area (Å²) in [6.45, 7) is 5.46. The molecule has 190 valence electrons. The highest BCUT2D eigenvalue weighted by molar-refractivity contribution is 5.96. The predicted octanol–water partition coefficient (Wildman–Crippen LogP) is 4.00. The number of aliphatic hydroxyl groups is 2. The number of pyridine rings is 1. The number of ketones is 1. The highest BCUT2D eigenvalue weighted by Gasteiger charge is 2.38. The molecule has 36 heavy (non-hydrogen) atoms. The Morgan fingerprint density at radius 3 is 2.64 bits per heavy atom. The summed E-state index contributed by atoms with van der Waals surface area (Å²) < 4.78 is 25.3. The van der Waals surface area contributed by atoms with Crippen LogP contribution in [-0.4, -0.2) is 40.8 Å². The zero-order valence-electron chi connectivity index (χ0n) is 20.7. The minimum absolute atomic E-state index is 0.0295. The number of hydrogen-bond acceptors (Lipinski definition) is 7. The van der Waals surface area contributed by atoms with E-state index in [1.165, 1.54) is 12.1 Å². The van der Waals surface area contributed by atoms with Crippen LogP contribution in [0.3, 0.4) is 0 Å². The number of rotatable bonds is 9. The predicted molar refractivity (Wildman–Crippen MR) is 134 cm³/mol. The summed E-state index contributed by atoms with van der Waals surface area (Å²) >= 11 is 0. The zero-order valence-corrected chi connectivity index (χ0v) is 20.7. The molecule has 0 aliphatic carbocycles. The number of halogens is 1. The van der Waals surface area contributed by atoms with Crippen molar-refractivity contribution >= 4 is 5.78 Å². The third-order valence-electron chi connectivity index (χ3n) is 6.42. The molecule has 0 bridgehead atoms. The smallest absolute Gasteiger partial charge is 0.165 e. The Kier molecular flexibility index (Phi) is 7.13. The van der Waals surface area contributed by atoms with Gasteiger partial charge in [-0.1, -0.05) is 29.8 Å². The van der Waals surface area contributed by atoms with Crippen LogP contribution in [0.15, 0.2) is 48.5 Å². The van der Waals surface area contributed by atoms with Gasteiger partial charge >= 0.3 is 0 Å². The van der Waals surface area contributed by atoms with Crippen molar-refractivity contribution in [2.75, 3.05) is 19.8 Å². The molecule has 1 aliphatic rings. The topological polar surface area (TPSA) is 115 Å². The van der Waals surface area contributed by atoms with Crippen molar-refractivity contribution < 1.29 is 28.9 Å². The van der Waals surface area contributed by atoms with Crippen LogP contribution in [0.4, 0.5) is 4.39 Å². The normalized spacial score (nSPS) is 18.3. The lowest BCUT2D eigenvalue weighted by Crippen LogP contribution is -2.35. The number of carbonyl (C=O) groups excluding carboxylic acids is 1. The molecule has 2 atom stereocenters. The molecule has 7 nitrogen and oxygen atoms in total. The number of carbonyl (C=O) groups is 1. The molecule has 2 unspecified atom stereocenters. The van der Waals surface area contributed by atoms with Gasteiger partial charge in [0.15, 0.2) is 23.1 Å². The molecule has 4 rings (SSSR count). The summed E-state index contributed by atoms with van der Waals surface area (Å²) in [5, 5.41) is 20.2. The lowest BCUT2D eigenvalue weighted by molar-refractivity contribution is 0.0396. The van der Waals surface area contributed by atoms with Gasteiger partial charge in [0, 0.05) is 23.1 Å². The van der Waals surface area contributed by atoms with E-state index in [2.05, 4.69) is 0 Å². The molecule has 0 saturated heterocycles. The fourth-order valence-corrected chi connectivity index (χ4v) is 4.16. The summed E-state index contributed by atoms with van der Waals surface area (Å²) in [6.07, 6.45) is 0.0375. The standard InChI is InChI=1S/C28H31FN2O5/c1-17-4-6-18(7-5-17)25-26-20(27(2,30)16-36-26)15-24(31-25)28(3,34)11-10-22(33)19-8-9-23(21(29)14-19)35-13-12-32/h4-9,14-15,32,34H,10-13,16,30H2,1-3H3. The van der Waals surface area contributed by atoms with Crippen LogP contribution in [0.1, 0.15) is 53.9 Å². The van der Waals surface area contributed by atoms with Crippen LogP contribution in [0.5, 0.6) is 11.5 Å². The summed E-state index contributed by atoms with van der Waals surface area (Å²) in [7, 11) is 0. The number of Topliss-reactive ketones (excluding diaryl/α,β-unsaturated/α-hetero) is 1. The van der Waals surface area contributed by atoms with E-state index in [4.69, 9.17) is 25.3 Å². The fraction of sp³-hybridized carbons (Fsp3) is 0.357. The van der Waals surface area contributed by atoms with Gasteiger partial charge in [0.2, 0.25) is 0 Å². The van der Waals surface area contributed by atoms with Crippen LogP contribution < -0.4 is 15.2 Å². The second-order valence-corrected chi connectivity index (χ2v) is 9.72. The molecule has 2 aromatic carbocycles. The molecule has 0 saturated carbocycles. The second kappa shape index (κ2) is 9.97. The van der Waals surface area contributed by atoms with E-state index in [1.807, 2.05) is 38.1 Å². The quantitative estimate of drug-likeness (QED) is 0.385. The van der Waals surface area contributed by atoms with Gasteiger partial charge in [0.1, 0.15) is 24.5 Å². The number of fused-ring (bicyclic) bond motifs is 1. The summed E-state index contributed by atoms with van der Waals surface area (Å²) in [5.74, 6) is -0.454. The Bertz CT molecular complexity index is 1270. The lowest BCUT2D eigenvalue weighted by Gasteiger charge is -2.25. The van der Waals surface area contributed by atoms with E-state index < -0.39 is 17.0 Å². The second-order valence-electron chi connectivity index (χ2n) is 9.72. The van der Waals surface area contributed by atoms with Gasteiger partial charge in [-0.15, -0.1) is 0 Å². The Morgan fingerprint density at radius 1 is 1.25 bits per heavy atom. The number of nitrogens with two attached hydrogens (primary N) is 1. The minimum atomic E-state index is -1.45. The highest BCUT2D eigenvalue weighted by Crippen LogP contribution is 2.44. The first-order valence-corrected chi connectivity index (χ1v) is 11.9. The molecule has 3 aromatic rings. The number of hydrogen-bond donors (Lipinski definition) is 3. The van der Waals surface area contributed by atoms with Gasteiger partial charge in [-0.2, -0.15) is 0 Å². The summed E-state index contributed by atoms with van der Waals surface area (Å²) in [5.41, 5.74) is 8.09. The first-order chi connectivity index (χ1) is 17.0. The molecule has 0 spiro atoms. The summed E-state index contributed by atoms with van der Waals surface area (Å²) in [6, 6.07) is 13.5. The van der Waals surface area contributed by atoms with E-state index in [1.54, 1.807) is 13.0 Å². The van der Waals surface area contributed by atoms with Crippen LogP contribution >= 0.6 is 0 Å². The molecule has 0 fully saturated rings. The first-order valence-electron chi connectivity index (χ1n) is 11.9. The SMILES string of the molecule is Cc1ccc(-c2nc(C(C)(O)CCC(=O)c3ccc(OCCO)c(F)c3)cc3c2OCC3(C)N)cc1. The van der Waals surface area contributed by atoms with E-state index in [0.29, 0.717) is 17.1 Å².